The van der Waals surface area contributed by atoms with E-state index in [1.807, 2.05) is 0 Å². The van der Waals surface area contributed by atoms with Gasteiger partial charge >= 0.3 is 5.97 Å². The van der Waals surface area contributed by atoms with Crippen LogP contribution in [0.5, 0.6) is 11.5 Å². The topological polar surface area (TPSA) is 98.1 Å². The van der Waals surface area contributed by atoms with Crippen molar-refractivity contribution >= 4 is 17.6 Å². The summed E-state index contributed by atoms with van der Waals surface area (Å²) < 4.78 is 0. The van der Waals surface area contributed by atoms with Crippen molar-refractivity contribution < 1.29 is 24.9 Å². The van der Waals surface area contributed by atoms with Crippen LogP contribution in [0.1, 0.15) is 10.4 Å². The number of rotatable bonds is 4. The molecular formula is C15H13NO5. The van der Waals surface area contributed by atoms with Gasteiger partial charge in [0.2, 0.25) is 0 Å². The monoisotopic (exact) mass is 287 g/mol. The largest absolute Gasteiger partial charge is 0.507 e. The van der Waals surface area contributed by atoms with Crippen molar-refractivity contribution in [1.82, 2.24) is 0 Å². The highest BCUT2D eigenvalue weighted by Crippen LogP contribution is 2.29. The van der Waals surface area contributed by atoms with E-state index in [1.54, 1.807) is 30.3 Å². The van der Waals surface area contributed by atoms with Gasteiger partial charge in [-0.25, -0.2) is 0 Å². The van der Waals surface area contributed by atoms with Crippen molar-refractivity contribution in [3.63, 3.8) is 0 Å². The Hall–Kier alpha value is -3.02. The summed E-state index contributed by atoms with van der Waals surface area (Å²) in [5, 5.41) is 28.4. The number of para-hydroxylation sites is 1. The molecule has 1 amide bonds. The van der Waals surface area contributed by atoms with Crippen molar-refractivity contribution in [3.8, 4) is 11.5 Å². The van der Waals surface area contributed by atoms with E-state index in [9.17, 15) is 19.8 Å². The molecule has 0 fully saturated rings. The SMILES string of the molecule is O=C(O)CN(C(=O)c1c(O)cccc1O)c1ccccc1. The van der Waals surface area contributed by atoms with Gasteiger partial charge in [0.05, 0.1) is 0 Å². The minimum absolute atomic E-state index is 0.331. The lowest BCUT2D eigenvalue weighted by Crippen LogP contribution is -2.35. The number of hydrogen-bond acceptors (Lipinski definition) is 4. The molecule has 0 saturated carbocycles. The maximum Gasteiger partial charge on any atom is 0.323 e. The Balaban J connectivity index is 2.46. The molecule has 0 aliphatic carbocycles. The number of aliphatic carboxylic acids is 1. The number of phenols is 2. The van der Waals surface area contributed by atoms with Gasteiger partial charge in [0.15, 0.2) is 0 Å². The first-order valence-electron chi connectivity index (χ1n) is 6.10. The van der Waals surface area contributed by atoms with Crippen LogP contribution in [0.25, 0.3) is 0 Å². The average molecular weight is 287 g/mol. The average Bonchev–Trinajstić information content (AvgIpc) is 2.45. The minimum Gasteiger partial charge on any atom is -0.507 e. The molecule has 2 aromatic carbocycles. The number of benzene rings is 2. The van der Waals surface area contributed by atoms with Crippen LogP contribution in [-0.2, 0) is 4.79 Å². The Morgan fingerprint density at radius 3 is 2.00 bits per heavy atom. The zero-order valence-corrected chi connectivity index (χ0v) is 10.9. The van der Waals surface area contributed by atoms with E-state index in [1.165, 1.54) is 18.2 Å². The summed E-state index contributed by atoms with van der Waals surface area (Å²) in [4.78, 5) is 24.4. The van der Waals surface area contributed by atoms with E-state index < -0.39 is 29.9 Å². The van der Waals surface area contributed by atoms with Crippen molar-refractivity contribution in [2.45, 2.75) is 0 Å². The summed E-state index contributed by atoms with van der Waals surface area (Å²) in [6, 6.07) is 12.0. The lowest BCUT2D eigenvalue weighted by molar-refractivity contribution is -0.135. The molecule has 2 rings (SSSR count). The van der Waals surface area contributed by atoms with E-state index >= 15 is 0 Å². The van der Waals surface area contributed by atoms with Crippen LogP contribution >= 0.6 is 0 Å². The summed E-state index contributed by atoms with van der Waals surface area (Å²) in [6.07, 6.45) is 0. The highest BCUT2D eigenvalue weighted by molar-refractivity contribution is 6.11. The molecule has 6 heteroatoms. The maximum absolute atomic E-state index is 12.5. The van der Waals surface area contributed by atoms with Crippen LogP contribution in [0, 0.1) is 0 Å². The van der Waals surface area contributed by atoms with Crippen molar-refractivity contribution in [3.05, 3.63) is 54.1 Å². The number of nitrogens with zero attached hydrogens (tertiary/aromatic N) is 1. The van der Waals surface area contributed by atoms with Crippen molar-refractivity contribution in [2.75, 3.05) is 11.4 Å². The Kier molecular flexibility index (Phi) is 4.08. The smallest absolute Gasteiger partial charge is 0.323 e. The Bertz CT molecular complexity index is 649. The van der Waals surface area contributed by atoms with Crippen molar-refractivity contribution in [1.29, 1.82) is 0 Å². The molecule has 0 atom stereocenters. The molecule has 0 saturated heterocycles. The number of carboxylic acids is 1. The molecule has 21 heavy (non-hydrogen) atoms. The number of anilines is 1. The third kappa shape index (κ3) is 3.11. The van der Waals surface area contributed by atoms with E-state index in [4.69, 9.17) is 5.11 Å². The first-order valence-corrected chi connectivity index (χ1v) is 6.10. The van der Waals surface area contributed by atoms with Gasteiger partial charge in [-0.05, 0) is 24.3 Å². The first kappa shape index (κ1) is 14.4. The Labute approximate surface area is 120 Å². The van der Waals surface area contributed by atoms with Gasteiger partial charge in [-0.3, -0.25) is 14.5 Å². The van der Waals surface area contributed by atoms with E-state index in [2.05, 4.69) is 0 Å². The lowest BCUT2D eigenvalue weighted by atomic mass is 10.1. The molecule has 0 radical (unpaired) electrons. The number of carbonyl (C=O) groups is 2. The standard InChI is InChI=1S/C15H13NO5/c17-11-7-4-8-12(18)14(11)15(21)16(9-13(19)20)10-5-2-1-3-6-10/h1-8,17-18H,9H2,(H,19,20). The normalized spacial score (nSPS) is 10.1. The molecule has 108 valence electrons. The molecule has 0 bridgehead atoms. The second kappa shape index (κ2) is 5.96. The predicted molar refractivity (Wildman–Crippen MR) is 75.5 cm³/mol. The highest BCUT2D eigenvalue weighted by atomic mass is 16.4. The number of hydrogen-bond donors (Lipinski definition) is 3. The second-order valence-corrected chi connectivity index (χ2v) is 4.29. The fourth-order valence-corrected chi connectivity index (χ4v) is 1.91. The first-order chi connectivity index (χ1) is 10.0. The Morgan fingerprint density at radius 1 is 0.905 bits per heavy atom. The maximum atomic E-state index is 12.5. The number of aromatic hydroxyl groups is 2. The molecule has 0 unspecified atom stereocenters. The number of carboxylic acid groups (broad SMARTS) is 1. The third-order valence-electron chi connectivity index (χ3n) is 2.84. The molecule has 0 aromatic heterocycles. The molecular weight excluding hydrogens is 274 g/mol. The zero-order chi connectivity index (χ0) is 15.4. The second-order valence-electron chi connectivity index (χ2n) is 4.29. The van der Waals surface area contributed by atoms with Gasteiger partial charge in [-0.15, -0.1) is 0 Å². The van der Waals surface area contributed by atoms with E-state index in [-0.39, 0.29) is 5.56 Å². The molecule has 3 N–H and O–H groups in total. The number of amides is 1. The minimum atomic E-state index is -1.21. The van der Waals surface area contributed by atoms with Gasteiger partial charge < -0.3 is 15.3 Å². The van der Waals surface area contributed by atoms with Gasteiger partial charge in [0.25, 0.3) is 5.91 Å². The summed E-state index contributed by atoms with van der Waals surface area (Å²) >= 11 is 0. The van der Waals surface area contributed by atoms with Crippen LogP contribution in [0.4, 0.5) is 5.69 Å². The summed E-state index contributed by atoms with van der Waals surface area (Å²) in [5.41, 5.74) is 0.0233. The van der Waals surface area contributed by atoms with Crippen LogP contribution in [0.15, 0.2) is 48.5 Å². The van der Waals surface area contributed by atoms with E-state index in [0.717, 1.165) is 4.90 Å². The molecule has 0 aliphatic heterocycles. The van der Waals surface area contributed by atoms with Crippen LogP contribution < -0.4 is 4.90 Å². The van der Waals surface area contributed by atoms with Gasteiger partial charge in [-0.1, -0.05) is 24.3 Å². The predicted octanol–water partition coefficient (Wildman–Crippen LogP) is 1.83. The molecule has 0 spiro atoms. The van der Waals surface area contributed by atoms with Crippen LogP contribution in [-0.4, -0.2) is 33.7 Å². The molecule has 6 nitrogen and oxygen atoms in total. The summed E-state index contributed by atoms with van der Waals surface area (Å²) in [5.74, 6) is -2.82. The highest BCUT2D eigenvalue weighted by Gasteiger charge is 2.25. The number of phenolic OH excluding ortho intramolecular Hbond substituents is 2. The number of carbonyl (C=O) groups excluding carboxylic acids is 1. The van der Waals surface area contributed by atoms with Gasteiger partial charge in [0, 0.05) is 5.69 Å². The van der Waals surface area contributed by atoms with Gasteiger partial charge in [0.1, 0.15) is 23.6 Å². The van der Waals surface area contributed by atoms with Crippen LogP contribution in [0.3, 0.4) is 0 Å². The van der Waals surface area contributed by atoms with E-state index in [0.29, 0.717) is 5.69 Å². The quantitative estimate of drug-likeness (QED) is 0.797. The van der Waals surface area contributed by atoms with Crippen LogP contribution in [0.2, 0.25) is 0 Å². The van der Waals surface area contributed by atoms with Crippen molar-refractivity contribution in [2.24, 2.45) is 0 Å². The fourth-order valence-electron chi connectivity index (χ4n) is 1.91. The Morgan fingerprint density at radius 2 is 1.48 bits per heavy atom. The zero-order valence-electron chi connectivity index (χ0n) is 10.9. The van der Waals surface area contributed by atoms with Gasteiger partial charge in [-0.2, -0.15) is 0 Å². The lowest BCUT2D eigenvalue weighted by Gasteiger charge is -2.21. The fraction of sp³-hybridized carbons (Fsp3) is 0.0667. The molecule has 0 aliphatic rings. The molecule has 0 heterocycles. The summed E-state index contributed by atoms with van der Waals surface area (Å²) in [6.45, 7) is -0.587. The third-order valence-corrected chi connectivity index (χ3v) is 2.84. The molecule has 2 aromatic rings. The summed E-state index contributed by atoms with van der Waals surface area (Å²) in [7, 11) is 0.